The fourth-order valence-electron chi connectivity index (χ4n) is 1.72. The van der Waals surface area contributed by atoms with Crippen molar-refractivity contribution >= 4 is 17.7 Å². The summed E-state index contributed by atoms with van der Waals surface area (Å²) in [6.45, 7) is 7.03. The number of aryl methyl sites for hydroxylation is 1. The summed E-state index contributed by atoms with van der Waals surface area (Å²) in [5.41, 5.74) is -1.82. The number of hydrogen-bond acceptors (Lipinski definition) is 4. The van der Waals surface area contributed by atoms with E-state index in [2.05, 4.69) is 10.3 Å². The Labute approximate surface area is 137 Å². The first kappa shape index (κ1) is 19.3. The summed E-state index contributed by atoms with van der Waals surface area (Å²) >= 11 is 0.830. The second-order valence-corrected chi connectivity index (χ2v) is 6.64. The van der Waals surface area contributed by atoms with E-state index < -0.39 is 22.8 Å². The first-order valence-corrected chi connectivity index (χ1v) is 7.91. The van der Waals surface area contributed by atoms with Gasteiger partial charge in [0.1, 0.15) is 11.1 Å². The lowest BCUT2D eigenvalue weighted by atomic mass is 10.0. The minimum Gasteiger partial charge on any atom is -0.351 e. The van der Waals surface area contributed by atoms with Crippen molar-refractivity contribution in [3.63, 3.8) is 0 Å². The maximum Gasteiger partial charge on any atom is 0.417 e. The number of thioether (sulfide) groups is 1. The predicted molar refractivity (Wildman–Crippen MR) is 81.9 cm³/mol. The molecule has 0 saturated carbocycles. The third kappa shape index (κ3) is 5.43. The molecule has 0 bridgehead atoms. The van der Waals surface area contributed by atoms with Crippen molar-refractivity contribution in [1.29, 1.82) is 5.26 Å². The fourth-order valence-corrected chi connectivity index (χ4v) is 2.56. The predicted octanol–water partition coefficient (Wildman–Crippen LogP) is 3.68. The van der Waals surface area contributed by atoms with Crippen LogP contribution in [0.3, 0.4) is 0 Å². The average molecular weight is 345 g/mol. The van der Waals surface area contributed by atoms with Crippen molar-refractivity contribution in [1.82, 2.24) is 10.3 Å². The number of nitriles is 1. The highest BCUT2D eigenvalue weighted by atomic mass is 32.2. The van der Waals surface area contributed by atoms with Gasteiger partial charge in [0, 0.05) is 11.2 Å². The number of hydrogen-bond donors (Lipinski definition) is 1. The van der Waals surface area contributed by atoms with Crippen LogP contribution in [-0.4, -0.2) is 22.2 Å². The van der Waals surface area contributed by atoms with Crippen LogP contribution in [0.1, 0.15) is 44.0 Å². The molecule has 8 heteroatoms. The van der Waals surface area contributed by atoms with Crippen LogP contribution < -0.4 is 5.32 Å². The molecule has 0 aliphatic heterocycles. The fraction of sp³-hybridized carbons (Fsp3) is 0.533. The van der Waals surface area contributed by atoms with E-state index in [4.69, 9.17) is 5.26 Å². The molecule has 1 aromatic rings. The lowest BCUT2D eigenvalue weighted by Gasteiger charge is -2.24. The monoisotopic (exact) mass is 345 g/mol. The minimum absolute atomic E-state index is 0.0794. The molecule has 0 aliphatic carbocycles. The van der Waals surface area contributed by atoms with E-state index in [1.165, 1.54) is 6.92 Å². The molecule has 1 aromatic heterocycles. The molecular weight excluding hydrogens is 327 g/mol. The molecule has 0 spiro atoms. The Balaban J connectivity index is 3.00. The van der Waals surface area contributed by atoms with Crippen molar-refractivity contribution in [3.05, 3.63) is 22.9 Å². The molecule has 0 fully saturated rings. The number of halogens is 3. The highest BCUT2D eigenvalue weighted by Gasteiger charge is 2.35. The standard InChI is InChI=1S/C15H18F3N3OS/c1-5-14(3,4)21-12(22)8-23-13-10(7-19)11(15(16,17)18)6-9(2)20-13/h6H,5,8H2,1-4H3,(H,21,22). The van der Waals surface area contributed by atoms with E-state index in [0.29, 0.717) is 6.42 Å². The molecule has 0 aliphatic rings. The molecule has 1 heterocycles. The van der Waals surface area contributed by atoms with Gasteiger partial charge in [-0.3, -0.25) is 4.79 Å². The van der Waals surface area contributed by atoms with E-state index in [0.717, 1.165) is 17.8 Å². The topological polar surface area (TPSA) is 65.8 Å². The Hall–Kier alpha value is -1.75. The Morgan fingerprint density at radius 3 is 2.52 bits per heavy atom. The summed E-state index contributed by atoms with van der Waals surface area (Å²) in [4.78, 5) is 15.9. The van der Waals surface area contributed by atoms with Crippen LogP contribution in [0.25, 0.3) is 0 Å². The van der Waals surface area contributed by atoms with Gasteiger partial charge in [-0.25, -0.2) is 4.98 Å². The van der Waals surface area contributed by atoms with Crippen LogP contribution in [-0.2, 0) is 11.0 Å². The highest BCUT2D eigenvalue weighted by molar-refractivity contribution is 8.00. The summed E-state index contributed by atoms with van der Waals surface area (Å²) in [7, 11) is 0. The van der Waals surface area contributed by atoms with Crippen molar-refractivity contribution in [2.24, 2.45) is 0 Å². The number of carbonyl (C=O) groups excluding carboxylic acids is 1. The second kappa shape index (κ2) is 7.21. The quantitative estimate of drug-likeness (QED) is 0.827. The summed E-state index contributed by atoms with van der Waals surface area (Å²) in [5.74, 6) is -0.422. The van der Waals surface area contributed by atoms with Gasteiger partial charge in [-0.2, -0.15) is 18.4 Å². The van der Waals surface area contributed by atoms with Crippen LogP contribution >= 0.6 is 11.8 Å². The zero-order chi connectivity index (χ0) is 17.8. The van der Waals surface area contributed by atoms with Crippen LogP contribution in [0.4, 0.5) is 13.2 Å². The highest BCUT2D eigenvalue weighted by Crippen LogP contribution is 2.35. The van der Waals surface area contributed by atoms with Crippen LogP contribution in [0.5, 0.6) is 0 Å². The number of nitrogens with one attached hydrogen (secondary N) is 1. The number of pyridine rings is 1. The molecular formula is C15H18F3N3OS. The van der Waals surface area contributed by atoms with Crippen LogP contribution in [0.2, 0.25) is 0 Å². The van der Waals surface area contributed by atoms with Gasteiger partial charge in [-0.05, 0) is 33.3 Å². The van der Waals surface area contributed by atoms with Crippen LogP contribution in [0, 0.1) is 18.3 Å². The average Bonchev–Trinajstić information content (AvgIpc) is 2.43. The molecule has 0 aromatic carbocycles. The molecule has 0 radical (unpaired) electrons. The SMILES string of the molecule is CCC(C)(C)NC(=O)CSc1nc(C)cc(C(F)(F)F)c1C#N. The molecule has 0 unspecified atom stereocenters. The Morgan fingerprint density at radius 2 is 2.04 bits per heavy atom. The summed E-state index contributed by atoms with van der Waals surface area (Å²) in [6.07, 6.45) is -3.92. The molecule has 0 saturated heterocycles. The molecule has 0 atom stereocenters. The molecule has 4 nitrogen and oxygen atoms in total. The number of aromatic nitrogens is 1. The van der Waals surface area contributed by atoms with Crippen molar-refractivity contribution in [2.75, 3.05) is 5.75 Å². The van der Waals surface area contributed by atoms with Gasteiger partial charge < -0.3 is 5.32 Å². The number of alkyl halides is 3. The molecule has 1 N–H and O–H groups in total. The number of rotatable bonds is 5. The lowest BCUT2D eigenvalue weighted by molar-refractivity contribution is -0.138. The van der Waals surface area contributed by atoms with E-state index in [-0.39, 0.29) is 22.4 Å². The zero-order valence-electron chi connectivity index (χ0n) is 13.3. The van der Waals surface area contributed by atoms with Crippen molar-refractivity contribution < 1.29 is 18.0 Å². The van der Waals surface area contributed by atoms with E-state index in [9.17, 15) is 18.0 Å². The van der Waals surface area contributed by atoms with Gasteiger partial charge >= 0.3 is 6.18 Å². The van der Waals surface area contributed by atoms with E-state index in [1.54, 1.807) is 6.07 Å². The van der Waals surface area contributed by atoms with Crippen molar-refractivity contribution in [3.8, 4) is 6.07 Å². The first-order chi connectivity index (χ1) is 10.5. The third-order valence-corrected chi connectivity index (χ3v) is 4.21. The van der Waals surface area contributed by atoms with E-state index in [1.807, 2.05) is 20.8 Å². The van der Waals surface area contributed by atoms with Gasteiger partial charge in [0.25, 0.3) is 0 Å². The molecule has 23 heavy (non-hydrogen) atoms. The van der Waals surface area contributed by atoms with Gasteiger partial charge in [-0.1, -0.05) is 18.7 Å². The number of amides is 1. The minimum atomic E-state index is -4.64. The van der Waals surface area contributed by atoms with Crippen LogP contribution in [0.15, 0.2) is 11.1 Å². The number of carbonyl (C=O) groups is 1. The molecule has 1 amide bonds. The number of nitrogens with zero attached hydrogens (tertiary/aromatic N) is 2. The Bertz CT molecular complexity index is 636. The molecule has 1 rings (SSSR count). The maximum absolute atomic E-state index is 13.0. The summed E-state index contributed by atoms with van der Waals surface area (Å²) in [6, 6.07) is 2.38. The lowest BCUT2D eigenvalue weighted by Crippen LogP contribution is -2.43. The molecule has 126 valence electrons. The maximum atomic E-state index is 13.0. The van der Waals surface area contributed by atoms with Gasteiger partial charge in [0.2, 0.25) is 5.91 Å². The van der Waals surface area contributed by atoms with E-state index >= 15 is 0 Å². The van der Waals surface area contributed by atoms with Crippen molar-refractivity contribution in [2.45, 2.75) is 50.9 Å². The zero-order valence-corrected chi connectivity index (χ0v) is 14.2. The summed E-state index contributed by atoms with van der Waals surface area (Å²) < 4.78 is 39.0. The Kier molecular flexibility index (Phi) is 6.05. The van der Waals surface area contributed by atoms with Gasteiger partial charge in [0.05, 0.1) is 16.9 Å². The smallest absolute Gasteiger partial charge is 0.351 e. The summed E-state index contributed by atoms with van der Waals surface area (Å²) in [5, 5.41) is 11.7. The largest absolute Gasteiger partial charge is 0.417 e. The van der Waals surface area contributed by atoms with Gasteiger partial charge in [0.15, 0.2) is 0 Å². The first-order valence-electron chi connectivity index (χ1n) is 6.93. The van der Waals surface area contributed by atoms with Gasteiger partial charge in [-0.15, -0.1) is 0 Å². The normalized spacial score (nSPS) is 11.9. The second-order valence-electron chi connectivity index (χ2n) is 5.68. The third-order valence-electron chi connectivity index (χ3n) is 3.23. The Morgan fingerprint density at radius 1 is 1.43 bits per heavy atom.